The molecule has 1 saturated carbocycles. The third-order valence-corrected chi connectivity index (χ3v) is 6.60. The summed E-state index contributed by atoms with van der Waals surface area (Å²) in [7, 11) is 0. The fourth-order valence-corrected chi connectivity index (χ4v) is 5.07. The number of amides is 2. The third kappa shape index (κ3) is 3.88. The average molecular weight is 370 g/mol. The van der Waals surface area contributed by atoms with Crippen LogP contribution < -0.4 is 5.32 Å². The molecule has 2 saturated heterocycles. The molecule has 0 bridgehead atoms. The smallest absolute Gasteiger partial charge is 0.254 e. The molecular formula is C22H30N2O3. The second-order valence-corrected chi connectivity index (χ2v) is 8.35. The van der Waals surface area contributed by atoms with Crippen molar-refractivity contribution < 1.29 is 14.3 Å². The number of fused-ring (bicyclic) bond motifs is 1. The molecule has 4 rings (SSSR count). The van der Waals surface area contributed by atoms with Gasteiger partial charge >= 0.3 is 0 Å². The number of ether oxygens (including phenoxy) is 1. The van der Waals surface area contributed by atoms with Crippen molar-refractivity contribution in [2.75, 3.05) is 18.5 Å². The minimum atomic E-state index is -0.365. The molecular weight excluding hydrogens is 340 g/mol. The highest BCUT2D eigenvalue weighted by Gasteiger charge is 2.39. The van der Waals surface area contributed by atoms with Gasteiger partial charge in [-0.05, 0) is 62.1 Å². The van der Waals surface area contributed by atoms with Gasteiger partial charge in [-0.1, -0.05) is 25.8 Å². The first kappa shape index (κ1) is 18.5. The number of likely N-dealkylation sites (tertiary alicyclic amines) is 1. The molecule has 1 aromatic carbocycles. The number of hydrogen-bond donors (Lipinski definition) is 1. The van der Waals surface area contributed by atoms with E-state index in [1.165, 1.54) is 19.3 Å². The molecule has 3 aliphatic rings. The molecule has 4 unspecified atom stereocenters. The molecule has 1 aliphatic carbocycles. The van der Waals surface area contributed by atoms with Crippen molar-refractivity contribution >= 4 is 17.5 Å². The summed E-state index contributed by atoms with van der Waals surface area (Å²) in [5.41, 5.74) is 1.34. The summed E-state index contributed by atoms with van der Waals surface area (Å²) < 4.78 is 5.44. The molecule has 3 fully saturated rings. The molecule has 2 amide bonds. The predicted molar refractivity (Wildman–Crippen MR) is 105 cm³/mol. The fourth-order valence-electron chi connectivity index (χ4n) is 5.07. The number of nitrogens with one attached hydrogen (secondary N) is 1. The summed E-state index contributed by atoms with van der Waals surface area (Å²) >= 11 is 0. The monoisotopic (exact) mass is 370 g/mol. The molecule has 0 spiro atoms. The van der Waals surface area contributed by atoms with E-state index in [2.05, 4.69) is 17.1 Å². The van der Waals surface area contributed by atoms with Crippen molar-refractivity contribution in [3.05, 3.63) is 29.8 Å². The van der Waals surface area contributed by atoms with Crippen LogP contribution >= 0.6 is 0 Å². The maximum Gasteiger partial charge on any atom is 0.254 e. The largest absolute Gasteiger partial charge is 0.368 e. The van der Waals surface area contributed by atoms with Gasteiger partial charge in [0.05, 0.1) is 0 Å². The Morgan fingerprint density at radius 2 is 1.96 bits per heavy atom. The number of benzene rings is 1. The molecule has 146 valence electrons. The second kappa shape index (κ2) is 8.01. The predicted octanol–water partition coefficient (Wildman–Crippen LogP) is 3.84. The van der Waals surface area contributed by atoms with Gasteiger partial charge in [0, 0.05) is 30.4 Å². The average Bonchev–Trinajstić information content (AvgIpc) is 3.23. The van der Waals surface area contributed by atoms with E-state index >= 15 is 0 Å². The van der Waals surface area contributed by atoms with Crippen molar-refractivity contribution in [3.8, 4) is 0 Å². The van der Waals surface area contributed by atoms with Crippen LogP contribution in [0.25, 0.3) is 0 Å². The van der Waals surface area contributed by atoms with E-state index in [1.54, 1.807) is 0 Å². The normalized spacial score (nSPS) is 30.6. The lowest BCUT2D eigenvalue weighted by atomic mass is 9.72. The number of carbonyl (C=O) groups excluding carboxylic acids is 2. The Balaban J connectivity index is 1.47. The van der Waals surface area contributed by atoms with Gasteiger partial charge in [-0.15, -0.1) is 0 Å². The van der Waals surface area contributed by atoms with E-state index in [4.69, 9.17) is 4.74 Å². The Hall–Kier alpha value is -1.88. The minimum Gasteiger partial charge on any atom is -0.368 e. The van der Waals surface area contributed by atoms with Crippen molar-refractivity contribution in [3.63, 3.8) is 0 Å². The van der Waals surface area contributed by atoms with Crippen LogP contribution in [0, 0.1) is 11.8 Å². The zero-order valence-electron chi connectivity index (χ0n) is 16.2. The highest BCUT2D eigenvalue weighted by atomic mass is 16.5. The number of hydrogen-bond acceptors (Lipinski definition) is 3. The quantitative estimate of drug-likeness (QED) is 0.879. The van der Waals surface area contributed by atoms with Gasteiger partial charge in [-0.3, -0.25) is 9.59 Å². The molecule has 0 radical (unpaired) electrons. The van der Waals surface area contributed by atoms with Gasteiger partial charge in [0.1, 0.15) is 6.10 Å². The summed E-state index contributed by atoms with van der Waals surface area (Å²) in [5.74, 6) is 1.33. The van der Waals surface area contributed by atoms with Gasteiger partial charge in [-0.25, -0.2) is 0 Å². The zero-order chi connectivity index (χ0) is 18.8. The lowest BCUT2D eigenvalue weighted by Crippen LogP contribution is -2.52. The summed E-state index contributed by atoms with van der Waals surface area (Å²) in [6, 6.07) is 7.74. The van der Waals surface area contributed by atoms with Crippen molar-refractivity contribution in [2.24, 2.45) is 11.8 Å². The standard InChI is InChI=1S/C22H30N2O3/c1-15-11-12-24(19-9-3-2-8-18(15)19)22(26)16-6-4-7-17(14-16)23-21(25)20-10-5-13-27-20/h4,6-7,14-15,18-20H,2-3,5,8-13H2,1H3,(H,23,25). The fraction of sp³-hybridized carbons (Fsp3) is 0.636. The lowest BCUT2D eigenvalue weighted by Gasteiger charge is -2.47. The van der Waals surface area contributed by atoms with E-state index in [0.717, 1.165) is 32.2 Å². The SMILES string of the molecule is CC1CCN(C(=O)c2cccc(NC(=O)C3CCCO3)c2)C2CCCCC12. The molecule has 5 heteroatoms. The maximum atomic E-state index is 13.2. The van der Waals surface area contributed by atoms with Gasteiger partial charge < -0.3 is 15.0 Å². The molecule has 1 aromatic rings. The molecule has 27 heavy (non-hydrogen) atoms. The molecule has 2 aliphatic heterocycles. The van der Waals surface area contributed by atoms with E-state index in [-0.39, 0.29) is 17.9 Å². The summed E-state index contributed by atoms with van der Waals surface area (Å²) in [5, 5.41) is 2.91. The van der Waals surface area contributed by atoms with E-state index < -0.39 is 0 Å². The number of nitrogens with zero attached hydrogens (tertiary/aromatic N) is 1. The Morgan fingerprint density at radius 3 is 2.78 bits per heavy atom. The maximum absolute atomic E-state index is 13.2. The first-order chi connectivity index (χ1) is 13.1. The van der Waals surface area contributed by atoms with Crippen LogP contribution in [0.4, 0.5) is 5.69 Å². The van der Waals surface area contributed by atoms with Crippen LogP contribution in [0.5, 0.6) is 0 Å². The highest BCUT2D eigenvalue weighted by molar-refractivity contribution is 5.98. The summed E-state index contributed by atoms with van der Waals surface area (Å²) in [6.45, 7) is 3.83. The highest BCUT2D eigenvalue weighted by Crippen LogP contribution is 2.39. The number of carbonyl (C=O) groups is 2. The van der Waals surface area contributed by atoms with Gasteiger partial charge in [0.15, 0.2) is 0 Å². The Kier molecular flexibility index (Phi) is 5.48. The second-order valence-electron chi connectivity index (χ2n) is 8.35. The van der Waals surface area contributed by atoms with Crippen LogP contribution in [0.1, 0.15) is 62.2 Å². The third-order valence-electron chi connectivity index (χ3n) is 6.60. The lowest BCUT2D eigenvalue weighted by molar-refractivity contribution is -0.124. The molecule has 0 aromatic heterocycles. The number of piperidine rings is 1. The van der Waals surface area contributed by atoms with Gasteiger partial charge in [0.2, 0.25) is 0 Å². The number of rotatable bonds is 3. The van der Waals surface area contributed by atoms with Crippen LogP contribution in [-0.4, -0.2) is 42.0 Å². The Bertz CT molecular complexity index is 699. The Labute approximate surface area is 161 Å². The summed E-state index contributed by atoms with van der Waals surface area (Å²) in [6.07, 6.45) is 7.28. The van der Waals surface area contributed by atoms with E-state index in [9.17, 15) is 9.59 Å². The molecule has 4 atom stereocenters. The molecule has 2 heterocycles. The van der Waals surface area contributed by atoms with Crippen LogP contribution in [0.2, 0.25) is 0 Å². The first-order valence-corrected chi connectivity index (χ1v) is 10.5. The van der Waals surface area contributed by atoms with E-state index in [0.29, 0.717) is 35.7 Å². The summed E-state index contributed by atoms with van der Waals surface area (Å²) in [4.78, 5) is 27.6. The van der Waals surface area contributed by atoms with Crippen molar-refractivity contribution in [1.29, 1.82) is 0 Å². The van der Waals surface area contributed by atoms with Crippen molar-refractivity contribution in [1.82, 2.24) is 4.90 Å². The molecule has 1 N–H and O–H groups in total. The minimum absolute atomic E-state index is 0.104. The number of anilines is 1. The van der Waals surface area contributed by atoms with Crippen LogP contribution in [-0.2, 0) is 9.53 Å². The van der Waals surface area contributed by atoms with E-state index in [1.807, 2.05) is 24.3 Å². The van der Waals surface area contributed by atoms with Crippen LogP contribution in [0.3, 0.4) is 0 Å². The van der Waals surface area contributed by atoms with Gasteiger partial charge in [0.25, 0.3) is 11.8 Å². The van der Waals surface area contributed by atoms with Crippen molar-refractivity contribution in [2.45, 2.75) is 64.0 Å². The van der Waals surface area contributed by atoms with Crippen LogP contribution in [0.15, 0.2) is 24.3 Å². The zero-order valence-corrected chi connectivity index (χ0v) is 16.2. The molecule has 5 nitrogen and oxygen atoms in total. The van der Waals surface area contributed by atoms with Gasteiger partial charge in [-0.2, -0.15) is 0 Å². The Morgan fingerprint density at radius 1 is 1.11 bits per heavy atom. The first-order valence-electron chi connectivity index (χ1n) is 10.5. The topological polar surface area (TPSA) is 58.6 Å².